The van der Waals surface area contributed by atoms with Gasteiger partial charge >= 0.3 is 31.2 Å². The quantitative estimate of drug-likeness (QED) is 0.298. The fraction of sp³-hybridized carbons (Fsp3) is 0.294. The lowest BCUT2D eigenvalue weighted by Gasteiger charge is -2.18. The van der Waals surface area contributed by atoms with Crippen LogP contribution in [0.15, 0.2) is 42.5 Å². The third-order valence-corrected chi connectivity index (χ3v) is 5.71. The maximum atomic E-state index is 11.4. The maximum Gasteiger partial charge on any atom is 0.446 e. The van der Waals surface area contributed by atoms with Gasteiger partial charge in [-0.25, -0.2) is 8.37 Å². The highest BCUT2D eigenvalue weighted by atomic mass is 32.3. The van der Waals surface area contributed by atoms with E-state index in [4.69, 9.17) is 18.0 Å². The molecule has 0 saturated carbocycles. The number of hydrogen-bond donors (Lipinski definition) is 3. The Morgan fingerprint density at radius 3 is 2.09 bits per heavy atom. The van der Waals surface area contributed by atoms with Crippen LogP contribution in [0.5, 0.6) is 11.5 Å². The molecule has 0 unspecified atom stereocenters. The molecule has 0 aliphatic carbocycles. The van der Waals surface area contributed by atoms with E-state index in [0.29, 0.717) is 17.5 Å². The van der Waals surface area contributed by atoms with Crippen molar-refractivity contribution in [3.8, 4) is 11.5 Å². The molecule has 0 aromatic heterocycles. The van der Waals surface area contributed by atoms with Gasteiger partial charge in [0.25, 0.3) is 0 Å². The summed E-state index contributed by atoms with van der Waals surface area (Å²) in [7, 11) is -14.2. The van der Waals surface area contributed by atoms with Crippen molar-refractivity contribution in [2.45, 2.75) is 25.0 Å². The van der Waals surface area contributed by atoms with Crippen molar-refractivity contribution in [1.29, 1.82) is 0 Å². The fourth-order valence-corrected chi connectivity index (χ4v) is 4.35. The molecule has 182 valence electrons. The normalized spacial score (nSPS) is 18.5. The molecule has 2 atom stereocenters. The monoisotopic (exact) mass is 526 g/mol. The predicted molar refractivity (Wildman–Crippen MR) is 110 cm³/mol. The van der Waals surface area contributed by atoms with E-state index in [1.54, 1.807) is 12.1 Å². The van der Waals surface area contributed by atoms with Gasteiger partial charge in [-0.15, -0.1) is 0 Å². The molecule has 0 bridgehead atoms. The average molecular weight is 527 g/mol. The predicted octanol–water partition coefficient (Wildman–Crippen LogP) is 1.61. The molecule has 3 N–H and O–H groups in total. The van der Waals surface area contributed by atoms with E-state index in [1.165, 1.54) is 30.3 Å². The van der Waals surface area contributed by atoms with Gasteiger partial charge in [-0.2, -0.15) is 25.3 Å². The van der Waals surface area contributed by atoms with E-state index in [9.17, 15) is 29.8 Å². The standard InChI is InChI=1S/C17H18O13S3/c18-31(19,20)27-9-1-2-11-3-8-15-14(10-11)17(30-33(24,25)26)16(28-15)12-4-6-13(7-5-12)29-32(21,22)23/h3-8,10,16-17H,1-2,9H2,(H,18,19,20)(H,21,22,23)(H,24,25,26)/t16-,17-/m1/s1. The van der Waals surface area contributed by atoms with Crippen LogP contribution in [-0.2, 0) is 46.0 Å². The van der Waals surface area contributed by atoms with Crippen molar-refractivity contribution in [3.63, 3.8) is 0 Å². The highest BCUT2D eigenvalue weighted by molar-refractivity contribution is 7.81. The smallest absolute Gasteiger partial charge is 0.446 e. The van der Waals surface area contributed by atoms with Crippen LogP contribution in [0.2, 0.25) is 0 Å². The number of ether oxygens (including phenoxy) is 1. The summed E-state index contributed by atoms with van der Waals surface area (Å²) in [5, 5.41) is 0. The summed E-state index contributed by atoms with van der Waals surface area (Å²) in [4.78, 5) is 0. The minimum absolute atomic E-state index is 0.210. The van der Waals surface area contributed by atoms with Crippen LogP contribution in [0, 0.1) is 0 Å². The van der Waals surface area contributed by atoms with Crippen LogP contribution in [0.4, 0.5) is 0 Å². The van der Waals surface area contributed by atoms with Crippen LogP contribution in [0.1, 0.15) is 35.3 Å². The van der Waals surface area contributed by atoms with Gasteiger partial charge in [0.15, 0.2) is 6.10 Å². The van der Waals surface area contributed by atoms with Gasteiger partial charge in [0.1, 0.15) is 17.6 Å². The zero-order valence-electron chi connectivity index (χ0n) is 16.5. The molecule has 0 saturated heterocycles. The molecule has 1 aliphatic rings. The lowest BCUT2D eigenvalue weighted by molar-refractivity contribution is 0.0807. The highest BCUT2D eigenvalue weighted by Crippen LogP contribution is 2.47. The van der Waals surface area contributed by atoms with Crippen molar-refractivity contribution in [3.05, 3.63) is 59.2 Å². The minimum atomic E-state index is -4.91. The van der Waals surface area contributed by atoms with Crippen molar-refractivity contribution in [1.82, 2.24) is 0 Å². The number of fused-ring (bicyclic) bond motifs is 1. The second kappa shape index (κ2) is 9.51. The van der Waals surface area contributed by atoms with E-state index in [-0.39, 0.29) is 30.1 Å². The first-order valence-electron chi connectivity index (χ1n) is 9.04. The lowest BCUT2D eigenvalue weighted by Crippen LogP contribution is -2.17. The van der Waals surface area contributed by atoms with Crippen LogP contribution in [0.25, 0.3) is 0 Å². The second-order valence-electron chi connectivity index (χ2n) is 6.79. The summed E-state index contributed by atoms with van der Waals surface area (Å²) in [6.07, 6.45) is -1.85. The van der Waals surface area contributed by atoms with Gasteiger partial charge in [0.2, 0.25) is 0 Å². The Morgan fingerprint density at radius 1 is 0.848 bits per heavy atom. The largest absolute Gasteiger partial charge is 0.482 e. The first-order chi connectivity index (χ1) is 15.2. The zero-order valence-corrected chi connectivity index (χ0v) is 18.9. The molecule has 16 heteroatoms. The van der Waals surface area contributed by atoms with E-state index in [1.807, 2.05) is 0 Å². The van der Waals surface area contributed by atoms with Crippen LogP contribution >= 0.6 is 0 Å². The molecule has 2 aromatic carbocycles. The number of aryl methyl sites for hydroxylation is 1. The summed E-state index contributed by atoms with van der Waals surface area (Å²) in [6, 6.07) is 9.82. The third-order valence-electron chi connectivity index (χ3n) is 4.39. The molecule has 2 aromatic rings. The summed E-state index contributed by atoms with van der Waals surface area (Å²) in [5.74, 6) is 0.0447. The van der Waals surface area contributed by atoms with E-state index in [2.05, 4.69) is 8.37 Å². The lowest BCUT2D eigenvalue weighted by atomic mass is 9.98. The molecular formula is C17H18O13S3. The Labute approximate surface area is 189 Å². The Hall–Kier alpha value is -2.31. The topological polar surface area (TPSA) is 200 Å². The molecule has 13 nitrogen and oxygen atoms in total. The maximum absolute atomic E-state index is 11.4. The fourth-order valence-electron chi connectivity index (χ4n) is 3.20. The molecule has 3 rings (SSSR count). The van der Waals surface area contributed by atoms with Gasteiger partial charge in [0.05, 0.1) is 6.61 Å². The van der Waals surface area contributed by atoms with E-state index < -0.39 is 43.4 Å². The molecule has 1 aliphatic heterocycles. The molecule has 0 fully saturated rings. The minimum Gasteiger partial charge on any atom is -0.482 e. The number of rotatable bonds is 10. The molecule has 33 heavy (non-hydrogen) atoms. The van der Waals surface area contributed by atoms with Crippen molar-refractivity contribution in [2.75, 3.05) is 6.61 Å². The first-order valence-corrected chi connectivity index (χ1v) is 13.1. The van der Waals surface area contributed by atoms with Gasteiger partial charge in [-0.1, -0.05) is 18.2 Å². The molecule has 0 radical (unpaired) electrons. The SMILES string of the molecule is O=S(=O)(O)OCCCc1ccc2c(c1)[C@@H](OS(=O)(=O)O)[C@@H](c1ccc(OS(=O)(=O)O)cc1)O2. The second-order valence-corrected chi connectivity index (χ2v) is 9.95. The van der Waals surface area contributed by atoms with Crippen LogP contribution in [0.3, 0.4) is 0 Å². The van der Waals surface area contributed by atoms with Gasteiger partial charge in [0, 0.05) is 5.56 Å². The Balaban J connectivity index is 1.83. The van der Waals surface area contributed by atoms with Crippen molar-refractivity contribution in [2.24, 2.45) is 0 Å². The van der Waals surface area contributed by atoms with Gasteiger partial charge < -0.3 is 8.92 Å². The van der Waals surface area contributed by atoms with Crippen LogP contribution < -0.4 is 8.92 Å². The summed E-state index contributed by atoms with van der Waals surface area (Å²) in [6.45, 7) is -0.280. The molecular weight excluding hydrogens is 508 g/mol. The molecule has 1 heterocycles. The van der Waals surface area contributed by atoms with Crippen LogP contribution in [-0.4, -0.2) is 45.5 Å². The summed E-state index contributed by atoms with van der Waals surface area (Å²) in [5.41, 5.74) is 1.26. The Morgan fingerprint density at radius 2 is 1.52 bits per heavy atom. The zero-order chi connectivity index (χ0) is 24.4. The Kier molecular flexibility index (Phi) is 7.30. The third kappa shape index (κ3) is 7.61. The average Bonchev–Trinajstić information content (AvgIpc) is 3.00. The summed E-state index contributed by atoms with van der Waals surface area (Å²) < 4.78 is 111. The molecule has 0 amide bonds. The number of benzene rings is 2. The van der Waals surface area contributed by atoms with E-state index >= 15 is 0 Å². The highest BCUT2D eigenvalue weighted by Gasteiger charge is 2.39. The van der Waals surface area contributed by atoms with E-state index in [0.717, 1.165) is 0 Å². The summed E-state index contributed by atoms with van der Waals surface area (Å²) >= 11 is 0. The Bertz CT molecular complexity index is 1320. The van der Waals surface area contributed by atoms with Crippen molar-refractivity contribution < 1.29 is 56.2 Å². The number of hydrogen-bond acceptors (Lipinski definition) is 10. The first kappa shape index (κ1) is 25.3. The van der Waals surface area contributed by atoms with Crippen molar-refractivity contribution >= 4 is 31.2 Å². The molecule has 0 spiro atoms. The van der Waals surface area contributed by atoms with Gasteiger partial charge in [-0.05, 0) is 48.2 Å². The van der Waals surface area contributed by atoms with Gasteiger partial charge in [-0.3, -0.25) is 13.7 Å².